The molecule has 0 heterocycles. The molecule has 24 heavy (non-hydrogen) atoms. The normalized spacial score (nSPS) is 10.2. The lowest BCUT2D eigenvalue weighted by Crippen LogP contribution is -2.12. The third kappa shape index (κ3) is 8.98. The Hall–Kier alpha value is -2.30. The van der Waals surface area contributed by atoms with Crippen molar-refractivity contribution in [1.29, 1.82) is 0 Å². The molecule has 0 bridgehead atoms. The van der Waals surface area contributed by atoms with E-state index in [1.807, 2.05) is 30.3 Å². The van der Waals surface area contributed by atoms with Crippen molar-refractivity contribution < 1.29 is 19.4 Å². The summed E-state index contributed by atoms with van der Waals surface area (Å²) in [7, 11) is 0. The number of allylic oxidation sites excluding steroid dienone is 1. The highest BCUT2D eigenvalue weighted by molar-refractivity contribution is 5.92. The van der Waals surface area contributed by atoms with Crippen molar-refractivity contribution in [2.24, 2.45) is 0 Å². The molecule has 0 fully saturated rings. The smallest absolute Gasteiger partial charge is 0.303 e. The molecule has 0 atom stereocenters. The summed E-state index contributed by atoms with van der Waals surface area (Å²) in [6, 6.07) is 7.40. The van der Waals surface area contributed by atoms with Gasteiger partial charge in [0.05, 0.1) is 12.3 Å². The van der Waals surface area contributed by atoms with Crippen molar-refractivity contribution in [3.05, 3.63) is 36.9 Å². The van der Waals surface area contributed by atoms with Gasteiger partial charge in [-0.25, -0.2) is 0 Å². The van der Waals surface area contributed by atoms with Crippen LogP contribution >= 0.6 is 0 Å². The Morgan fingerprint density at radius 2 is 1.79 bits per heavy atom. The molecular formula is C19H27NO4. The zero-order valence-corrected chi connectivity index (χ0v) is 14.1. The van der Waals surface area contributed by atoms with Gasteiger partial charge in [-0.15, -0.1) is 6.58 Å². The summed E-state index contributed by atoms with van der Waals surface area (Å²) in [5.74, 6) is -0.135. The van der Waals surface area contributed by atoms with E-state index in [4.69, 9.17) is 9.84 Å². The van der Waals surface area contributed by atoms with Crippen LogP contribution in [0.4, 0.5) is 5.69 Å². The molecule has 0 unspecified atom stereocenters. The van der Waals surface area contributed by atoms with Gasteiger partial charge in [0.15, 0.2) is 0 Å². The van der Waals surface area contributed by atoms with Crippen molar-refractivity contribution in [2.75, 3.05) is 11.9 Å². The monoisotopic (exact) mass is 333 g/mol. The first kappa shape index (κ1) is 19.7. The van der Waals surface area contributed by atoms with Crippen LogP contribution in [0.5, 0.6) is 5.75 Å². The number of para-hydroxylation sites is 2. The van der Waals surface area contributed by atoms with Gasteiger partial charge in [-0.2, -0.15) is 0 Å². The van der Waals surface area contributed by atoms with Crippen LogP contribution in [0.1, 0.15) is 51.4 Å². The fraction of sp³-hybridized carbons (Fsp3) is 0.474. The number of anilines is 1. The predicted octanol–water partition coefficient (Wildman–Crippen LogP) is 4.40. The highest BCUT2D eigenvalue weighted by Crippen LogP contribution is 2.24. The molecule has 2 N–H and O–H groups in total. The minimum atomic E-state index is -0.766. The number of amides is 1. The average Bonchev–Trinajstić information content (AvgIpc) is 2.56. The number of carbonyl (C=O) groups excluding carboxylic acids is 1. The summed E-state index contributed by atoms with van der Waals surface area (Å²) in [5.41, 5.74) is 0.687. The van der Waals surface area contributed by atoms with E-state index in [1.165, 1.54) is 0 Å². The number of rotatable bonds is 13. The van der Waals surface area contributed by atoms with Crippen LogP contribution in [0.25, 0.3) is 0 Å². The van der Waals surface area contributed by atoms with E-state index in [2.05, 4.69) is 11.9 Å². The van der Waals surface area contributed by atoms with Gasteiger partial charge in [-0.3, -0.25) is 9.59 Å². The molecule has 5 nitrogen and oxygen atoms in total. The average molecular weight is 333 g/mol. The standard InChI is InChI=1S/C19H27NO4/c1-2-3-10-15-24-17-12-9-8-11-16(17)20-18(21)13-6-4-5-7-14-19(22)23/h2,8-9,11-12H,1,3-7,10,13-15H2,(H,20,21)(H,22,23). The SMILES string of the molecule is C=CCCCOc1ccccc1NC(=O)CCCCCCC(=O)O. The molecule has 132 valence electrons. The van der Waals surface area contributed by atoms with Crippen LogP contribution in [0.2, 0.25) is 0 Å². The zero-order valence-electron chi connectivity index (χ0n) is 14.1. The number of aliphatic carboxylic acids is 1. The highest BCUT2D eigenvalue weighted by Gasteiger charge is 2.07. The van der Waals surface area contributed by atoms with E-state index < -0.39 is 5.97 Å². The van der Waals surface area contributed by atoms with Gasteiger partial charge in [0.1, 0.15) is 5.75 Å². The summed E-state index contributed by atoms with van der Waals surface area (Å²) >= 11 is 0. The van der Waals surface area contributed by atoms with Crippen molar-refractivity contribution in [1.82, 2.24) is 0 Å². The second-order valence-corrected chi connectivity index (χ2v) is 5.63. The lowest BCUT2D eigenvalue weighted by Gasteiger charge is -2.12. The van der Waals surface area contributed by atoms with Crippen molar-refractivity contribution in [2.45, 2.75) is 51.4 Å². The Kier molecular flexibility index (Phi) is 10.0. The molecule has 0 aromatic heterocycles. The van der Waals surface area contributed by atoms with Crippen LogP contribution in [0, 0.1) is 0 Å². The van der Waals surface area contributed by atoms with Crippen molar-refractivity contribution in [3.8, 4) is 5.75 Å². The van der Waals surface area contributed by atoms with E-state index >= 15 is 0 Å². The maximum atomic E-state index is 12.0. The second-order valence-electron chi connectivity index (χ2n) is 5.63. The topological polar surface area (TPSA) is 75.6 Å². The Morgan fingerprint density at radius 1 is 1.08 bits per heavy atom. The number of carboxylic acids is 1. The van der Waals surface area contributed by atoms with Gasteiger partial charge in [-0.05, 0) is 37.8 Å². The minimum absolute atomic E-state index is 0.0459. The lowest BCUT2D eigenvalue weighted by atomic mass is 10.1. The predicted molar refractivity (Wildman–Crippen MR) is 95.3 cm³/mol. The van der Waals surface area contributed by atoms with Crippen LogP contribution in [0.15, 0.2) is 36.9 Å². The first-order valence-corrected chi connectivity index (χ1v) is 8.48. The summed E-state index contributed by atoms with van der Waals surface area (Å²) in [6.45, 7) is 4.26. The van der Waals surface area contributed by atoms with Gasteiger partial charge in [0, 0.05) is 12.8 Å². The van der Waals surface area contributed by atoms with E-state index in [0.717, 1.165) is 32.1 Å². The number of ether oxygens (including phenoxy) is 1. The van der Waals surface area contributed by atoms with Gasteiger partial charge >= 0.3 is 5.97 Å². The Bertz CT molecular complexity index is 528. The Labute approximate surface area is 143 Å². The van der Waals surface area contributed by atoms with Gasteiger partial charge in [0.2, 0.25) is 5.91 Å². The second kappa shape index (κ2) is 12.2. The summed E-state index contributed by atoms with van der Waals surface area (Å²) < 4.78 is 5.70. The minimum Gasteiger partial charge on any atom is -0.491 e. The zero-order chi connectivity index (χ0) is 17.6. The number of hydrogen-bond donors (Lipinski definition) is 2. The van der Waals surface area contributed by atoms with Crippen LogP contribution < -0.4 is 10.1 Å². The van der Waals surface area contributed by atoms with E-state index in [0.29, 0.717) is 30.9 Å². The molecular weight excluding hydrogens is 306 g/mol. The molecule has 1 rings (SSSR count). The number of carboxylic acid groups (broad SMARTS) is 1. The van der Waals surface area contributed by atoms with E-state index in [-0.39, 0.29) is 12.3 Å². The van der Waals surface area contributed by atoms with E-state index in [1.54, 1.807) is 0 Å². The fourth-order valence-electron chi connectivity index (χ4n) is 2.23. The molecule has 0 aliphatic carbocycles. The van der Waals surface area contributed by atoms with Crippen LogP contribution in [-0.4, -0.2) is 23.6 Å². The van der Waals surface area contributed by atoms with Gasteiger partial charge < -0.3 is 15.2 Å². The van der Waals surface area contributed by atoms with Crippen LogP contribution in [-0.2, 0) is 9.59 Å². The fourth-order valence-corrected chi connectivity index (χ4v) is 2.23. The van der Waals surface area contributed by atoms with Crippen molar-refractivity contribution in [3.63, 3.8) is 0 Å². The highest BCUT2D eigenvalue weighted by atomic mass is 16.5. The molecule has 1 aromatic carbocycles. The molecule has 0 saturated carbocycles. The molecule has 5 heteroatoms. The molecule has 0 saturated heterocycles. The Morgan fingerprint density at radius 3 is 2.50 bits per heavy atom. The maximum absolute atomic E-state index is 12.0. The van der Waals surface area contributed by atoms with Crippen molar-refractivity contribution >= 4 is 17.6 Å². The molecule has 0 spiro atoms. The summed E-state index contributed by atoms with van der Waals surface area (Å²) in [6.07, 6.45) is 7.39. The molecule has 0 aliphatic heterocycles. The number of carbonyl (C=O) groups is 2. The quantitative estimate of drug-likeness (QED) is 0.414. The van der Waals surface area contributed by atoms with E-state index in [9.17, 15) is 9.59 Å². The lowest BCUT2D eigenvalue weighted by molar-refractivity contribution is -0.137. The number of unbranched alkanes of at least 4 members (excludes halogenated alkanes) is 4. The first-order valence-electron chi connectivity index (χ1n) is 8.48. The van der Waals surface area contributed by atoms with Crippen LogP contribution in [0.3, 0.4) is 0 Å². The summed E-state index contributed by atoms with van der Waals surface area (Å²) in [5, 5.41) is 11.4. The number of benzene rings is 1. The largest absolute Gasteiger partial charge is 0.491 e. The van der Waals surface area contributed by atoms with Gasteiger partial charge in [-0.1, -0.05) is 31.1 Å². The summed E-state index contributed by atoms with van der Waals surface area (Å²) in [4.78, 5) is 22.4. The molecule has 1 aromatic rings. The third-order valence-electron chi connectivity index (χ3n) is 3.52. The first-order chi connectivity index (χ1) is 11.6. The van der Waals surface area contributed by atoms with Gasteiger partial charge in [0.25, 0.3) is 0 Å². The Balaban J connectivity index is 2.30. The molecule has 1 amide bonds. The number of hydrogen-bond acceptors (Lipinski definition) is 3. The maximum Gasteiger partial charge on any atom is 0.303 e. The molecule has 0 aliphatic rings. The third-order valence-corrected chi connectivity index (χ3v) is 3.52. The number of nitrogens with one attached hydrogen (secondary N) is 1. The molecule has 0 radical (unpaired) electrons.